The highest BCUT2D eigenvalue weighted by Crippen LogP contribution is 2.12. The van der Waals surface area contributed by atoms with Crippen molar-refractivity contribution in [2.24, 2.45) is 4.99 Å². The summed E-state index contributed by atoms with van der Waals surface area (Å²) in [6.45, 7) is 8.88. The Bertz CT molecular complexity index is 592. The van der Waals surface area contributed by atoms with Crippen LogP contribution in [0.15, 0.2) is 29.3 Å². The first-order valence-electron chi connectivity index (χ1n) is 9.74. The number of benzene rings is 1. The zero-order valence-corrected chi connectivity index (χ0v) is 18.9. The van der Waals surface area contributed by atoms with Crippen LogP contribution in [0.2, 0.25) is 0 Å². The number of hydrogen-bond donors (Lipinski definition) is 2. The number of unbranched alkanes of at least 4 members (excludes halogenated alkanes) is 2. The van der Waals surface area contributed by atoms with Crippen LogP contribution in [-0.2, 0) is 11.3 Å². The van der Waals surface area contributed by atoms with Gasteiger partial charge in [-0.2, -0.15) is 0 Å². The summed E-state index contributed by atoms with van der Waals surface area (Å²) in [5.74, 6) is 0.790. The molecule has 2 N–H and O–H groups in total. The average Bonchev–Trinajstić information content (AvgIpc) is 2.70. The Morgan fingerprint density at radius 3 is 2.50 bits per heavy atom. The van der Waals surface area contributed by atoms with E-state index in [1.54, 1.807) is 12.1 Å². The van der Waals surface area contributed by atoms with Crippen LogP contribution in [0.25, 0.3) is 0 Å². The normalized spacial score (nSPS) is 15.0. The minimum Gasteiger partial charge on any atom is -0.379 e. The second kappa shape index (κ2) is 14.5. The Morgan fingerprint density at radius 1 is 1.18 bits per heavy atom. The molecule has 0 saturated carbocycles. The molecule has 0 radical (unpaired) electrons. The molecule has 0 amide bonds. The smallest absolute Gasteiger partial charge is 0.269 e. The summed E-state index contributed by atoms with van der Waals surface area (Å²) in [5.41, 5.74) is 1.05. The Hall–Kier alpha value is -1.46. The molecule has 1 aromatic rings. The summed E-state index contributed by atoms with van der Waals surface area (Å²) in [6, 6.07) is 6.55. The zero-order valence-electron chi connectivity index (χ0n) is 16.6. The number of rotatable bonds is 10. The van der Waals surface area contributed by atoms with Crippen molar-refractivity contribution in [1.29, 1.82) is 0 Å². The average molecular weight is 505 g/mol. The van der Waals surface area contributed by atoms with Gasteiger partial charge in [0.25, 0.3) is 5.69 Å². The molecule has 1 aliphatic rings. The van der Waals surface area contributed by atoms with Crippen LogP contribution in [0.5, 0.6) is 0 Å². The van der Waals surface area contributed by atoms with E-state index in [9.17, 15) is 10.1 Å². The third kappa shape index (κ3) is 9.65. The van der Waals surface area contributed by atoms with E-state index in [4.69, 9.17) is 4.74 Å². The van der Waals surface area contributed by atoms with Crippen molar-refractivity contribution in [2.75, 3.05) is 45.9 Å². The first kappa shape index (κ1) is 24.6. The Balaban J connectivity index is 0.00000392. The molecule has 1 aromatic carbocycles. The molecule has 1 fully saturated rings. The van der Waals surface area contributed by atoms with Crippen LogP contribution in [-0.4, -0.2) is 61.7 Å². The number of aliphatic imine (C=N–C) groups is 1. The highest BCUT2D eigenvalue weighted by Gasteiger charge is 2.10. The molecule has 1 heterocycles. The lowest BCUT2D eigenvalue weighted by Gasteiger charge is -2.26. The largest absolute Gasteiger partial charge is 0.379 e. The van der Waals surface area contributed by atoms with Crippen molar-refractivity contribution in [3.8, 4) is 0 Å². The number of ether oxygens (including phenoxy) is 1. The summed E-state index contributed by atoms with van der Waals surface area (Å²) in [7, 11) is 0. The topological polar surface area (TPSA) is 92.0 Å². The summed E-state index contributed by atoms with van der Waals surface area (Å²) in [6.07, 6.45) is 3.48. The molecule has 0 atom stereocenters. The molecule has 1 aliphatic heterocycles. The van der Waals surface area contributed by atoms with E-state index in [1.165, 1.54) is 25.0 Å². The number of hydrogen-bond acceptors (Lipinski definition) is 5. The standard InChI is InChI=1S/C19H31N5O3.HI/c1-2-3-4-9-20-19(21-10-11-23-12-14-27-15-13-23)22-16-17-5-7-18(8-6-17)24(25)26;/h5-8H,2-4,9-16H2,1H3,(H2,20,21,22);1H. The fourth-order valence-electron chi connectivity index (χ4n) is 2.81. The van der Waals surface area contributed by atoms with E-state index in [2.05, 4.69) is 27.4 Å². The molecule has 0 aliphatic carbocycles. The van der Waals surface area contributed by atoms with Crippen molar-refractivity contribution in [3.63, 3.8) is 0 Å². The minimum absolute atomic E-state index is 0. The molecule has 0 spiro atoms. The number of nitrogens with one attached hydrogen (secondary N) is 2. The Labute approximate surface area is 184 Å². The minimum atomic E-state index is -0.388. The van der Waals surface area contributed by atoms with Gasteiger partial charge in [-0.15, -0.1) is 24.0 Å². The maximum Gasteiger partial charge on any atom is 0.269 e. The summed E-state index contributed by atoms with van der Waals surface area (Å²) >= 11 is 0. The molecule has 0 bridgehead atoms. The van der Waals surface area contributed by atoms with Crippen LogP contribution in [0.4, 0.5) is 5.69 Å². The van der Waals surface area contributed by atoms with Crippen LogP contribution in [0, 0.1) is 10.1 Å². The van der Waals surface area contributed by atoms with Gasteiger partial charge >= 0.3 is 0 Å². The van der Waals surface area contributed by atoms with Crippen LogP contribution >= 0.6 is 24.0 Å². The third-order valence-corrected chi connectivity index (χ3v) is 4.46. The number of nitro groups is 1. The van der Waals surface area contributed by atoms with E-state index in [0.29, 0.717) is 6.54 Å². The van der Waals surface area contributed by atoms with Crippen LogP contribution in [0.1, 0.15) is 31.7 Å². The van der Waals surface area contributed by atoms with Gasteiger partial charge in [-0.3, -0.25) is 15.0 Å². The van der Waals surface area contributed by atoms with Gasteiger partial charge in [0.05, 0.1) is 24.7 Å². The fourth-order valence-corrected chi connectivity index (χ4v) is 2.81. The molecular formula is C19H32IN5O3. The Kier molecular flexibility index (Phi) is 12.8. The molecule has 158 valence electrons. The summed E-state index contributed by atoms with van der Waals surface area (Å²) < 4.78 is 5.37. The lowest BCUT2D eigenvalue weighted by atomic mass is 10.2. The number of non-ortho nitro benzene ring substituents is 1. The number of nitrogens with zero attached hydrogens (tertiary/aromatic N) is 3. The van der Waals surface area contributed by atoms with Gasteiger partial charge in [0, 0.05) is 44.9 Å². The van der Waals surface area contributed by atoms with E-state index < -0.39 is 0 Å². The van der Waals surface area contributed by atoms with Crippen LogP contribution < -0.4 is 10.6 Å². The zero-order chi connectivity index (χ0) is 19.3. The molecule has 0 unspecified atom stereocenters. The number of nitro benzene ring substituents is 1. The van der Waals surface area contributed by atoms with E-state index in [1.807, 2.05) is 0 Å². The van der Waals surface area contributed by atoms with Gasteiger partial charge in [-0.05, 0) is 12.0 Å². The number of guanidine groups is 1. The van der Waals surface area contributed by atoms with Crippen molar-refractivity contribution < 1.29 is 9.66 Å². The molecule has 2 rings (SSSR count). The Morgan fingerprint density at radius 2 is 1.86 bits per heavy atom. The predicted octanol–water partition coefficient (Wildman–Crippen LogP) is 2.77. The number of halogens is 1. The molecule has 28 heavy (non-hydrogen) atoms. The van der Waals surface area contributed by atoms with Gasteiger partial charge < -0.3 is 15.4 Å². The van der Waals surface area contributed by atoms with Gasteiger partial charge in [-0.1, -0.05) is 31.9 Å². The summed E-state index contributed by atoms with van der Waals surface area (Å²) in [5, 5.41) is 17.5. The van der Waals surface area contributed by atoms with E-state index in [0.717, 1.165) is 63.9 Å². The molecule has 1 saturated heterocycles. The highest BCUT2D eigenvalue weighted by molar-refractivity contribution is 14.0. The predicted molar refractivity (Wildman–Crippen MR) is 122 cm³/mol. The third-order valence-electron chi connectivity index (χ3n) is 4.46. The first-order chi connectivity index (χ1) is 13.2. The molecule has 0 aromatic heterocycles. The quantitative estimate of drug-likeness (QED) is 0.127. The van der Waals surface area contributed by atoms with E-state index in [-0.39, 0.29) is 34.6 Å². The second-order valence-electron chi connectivity index (χ2n) is 6.60. The SMILES string of the molecule is CCCCCNC(=NCc1ccc([N+](=O)[O-])cc1)NCCN1CCOCC1.I. The highest BCUT2D eigenvalue weighted by atomic mass is 127. The lowest BCUT2D eigenvalue weighted by molar-refractivity contribution is -0.384. The van der Waals surface area contributed by atoms with Gasteiger partial charge in [0.1, 0.15) is 0 Å². The van der Waals surface area contributed by atoms with E-state index >= 15 is 0 Å². The van der Waals surface area contributed by atoms with Crippen LogP contribution in [0.3, 0.4) is 0 Å². The van der Waals surface area contributed by atoms with Gasteiger partial charge in [0.2, 0.25) is 0 Å². The number of morpholine rings is 1. The fraction of sp³-hybridized carbons (Fsp3) is 0.632. The first-order valence-corrected chi connectivity index (χ1v) is 9.74. The van der Waals surface area contributed by atoms with Gasteiger partial charge in [0.15, 0.2) is 5.96 Å². The molecular weight excluding hydrogens is 473 g/mol. The summed E-state index contributed by atoms with van der Waals surface area (Å²) in [4.78, 5) is 17.4. The molecule has 9 heteroatoms. The molecule has 8 nitrogen and oxygen atoms in total. The van der Waals surface area contributed by atoms with Crippen molar-refractivity contribution in [1.82, 2.24) is 15.5 Å². The van der Waals surface area contributed by atoms with Crippen molar-refractivity contribution >= 4 is 35.6 Å². The van der Waals surface area contributed by atoms with Crippen molar-refractivity contribution in [2.45, 2.75) is 32.7 Å². The maximum atomic E-state index is 10.7. The maximum absolute atomic E-state index is 10.7. The lowest BCUT2D eigenvalue weighted by Crippen LogP contribution is -2.44. The monoisotopic (exact) mass is 505 g/mol. The van der Waals surface area contributed by atoms with Gasteiger partial charge in [-0.25, -0.2) is 4.99 Å². The second-order valence-corrected chi connectivity index (χ2v) is 6.60. The van der Waals surface area contributed by atoms with Crippen molar-refractivity contribution in [3.05, 3.63) is 39.9 Å².